The van der Waals surface area contributed by atoms with Gasteiger partial charge >= 0.3 is 5.97 Å². The van der Waals surface area contributed by atoms with Gasteiger partial charge in [0.15, 0.2) is 12.4 Å². The average Bonchev–Trinajstić information content (AvgIpc) is 3.26. The van der Waals surface area contributed by atoms with Crippen LogP contribution >= 0.6 is 0 Å². The van der Waals surface area contributed by atoms with E-state index in [0.29, 0.717) is 32.1 Å². The molecule has 8 atom stereocenters. The molecule has 4 aliphatic carbocycles. The monoisotopic (exact) mass is 596 g/mol. The molecule has 4 N–H and O–H groups in total. The maximum Gasteiger partial charge on any atom is 0.328 e. The molecule has 43 heavy (non-hydrogen) atoms. The Hall–Kier alpha value is -3.08. The topological polar surface area (TPSA) is 155 Å². The van der Waals surface area contributed by atoms with E-state index >= 15 is 0 Å². The van der Waals surface area contributed by atoms with Gasteiger partial charge in [0.2, 0.25) is 0 Å². The fraction of sp³-hybridized carbons (Fsp3) is 0.636. The van der Waals surface area contributed by atoms with Crippen LogP contribution in [-0.4, -0.2) is 76.8 Å². The van der Waals surface area contributed by atoms with Crippen LogP contribution in [0.1, 0.15) is 64.4 Å². The van der Waals surface area contributed by atoms with Crippen LogP contribution in [0.2, 0.25) is 0 Å². The Morgan fingerprint density at radius 1 is 1.12 bits per heavy atom. The van der Waals surface area contributed by atoms with E-state index in [0.717, 1.165) is 30.5 Å². The number of allylic oxidation sites excluding steroid dienone is 2. The molecule has 10 nitrogen and oxygen atoms in total. The number of oxime groups is 1. The lowest BCUT2D eigenvalue weighted by Gasteiger charge is -2.60. The number of ether oxygens (including phenoxy) is 1. The zero-order valence-corrected chi connectivity index (χ0v) is 25.3. The van der Waals surface area contributed by atoms with E-state index in [4.69, 9.17) is 9.57 Å². The fourth-order valence-corrected chi connectivity index (χ4v) is 8.96. The number of carbonyl (C=O) groups is 3. The van der Waals surface area contributed by atoms with Crippen LogP contribution in [0, 0.1) is 28.6 Å². The number of hydrogen-bond acceptors (Lipinski definition) is 9. The van der Waals surface area contributed by atoms with Gasteiger partial charge in [-0.05, 0) is 79.8 Å². The van der Waals surface area contributed by atoms with Crippen molar-refractivity contribution in [2.24, 2.45) is 33.7 Å². The first-order valence-corrected chi connectivity index (χ1v) is 15.3. The van der Waals surface area contributed by atoms with Gasteiger partial charge in [0, 0.05) is 11.8 Å². The minimum Gasteiger partial charge on any atom is -0.467 e. The number of aliphatic hydroxyl groups excluding tert-OH is 2. The summed E-state index contributed by atoms with van der Waals surface area (Å²) in [5, 5.41) is 39.4. The minimum atomic E-state index is -1.61. The van der Waals surface area contributed by atoms with Gasteiger partial charge in [-0.25, -0.2) is 4.79 Å². The Bertz CT molecular complexity index is 1300. The van der Waals surface area contributed by atoms with Crippen molar-refractivity contribution in [3.8, 4) is 0 Å². The molecule has 3 fully saturated rings. The van der Waals surface area contributed by atoms with Crippen molar-refractivity contribution in [3.63, 3.8) is 0 Å². The van der Waals surface area contributed by atoms with Crippen LogP contribution in [0.5, 0.6) is 0 Å². The van der Waals surface area contributed by atoms with E-state index < -0.39 is 47.4 Å². The molecule has 234 valence electrons. The van der Waals surface area contributed by atoms with E-state index in [2.05, 4.69) is 17.4 Å². The number of esters is 1. The van der Waals surface area contributed by atoms with Crippen LogP contribution in [-0.2, 0) is 30.4 Å². The minimum absolute atomic E-state index is 0.00901. The lowest BCUT2D eigenvalue weighted by Crippen LogP contribution is -2.62. The number of benzene rings is 1. The Morgan fingerprint density at radius 2 is 1.86 bits per heavy atom. The lowest BCUT2D eigenvalue weighted by atomic mass is 9.45. The lowest BCUT2D eigenvalue weighted by molar-refractivity contribution is -0.181. The molecule has 0 aliphatic heterocycles. The summed E-state index contributed by atoms with van der Waals surface area (Å²) in [7, 11) is 1.28. The van der Waals surface area contributed by atoms with Crippen molar-refractivity contribution in [1.29, 1.82) is 0 Å². The number of aliphatic hydroxyl groups is 3. The van der Waals surface area contributed by atoms with Crippen LogP contribution in [0.3, 0.4) is 0 Å². The van der Waals surface area contributed by atoms with E-state index in [1.165, 1.54) is 12.7 Å². The van der Waals surface area contributed by atoms with Crippen LogP contribution in [0.4, 0.5) is 0 Å². The molecule has 3 saturated carbocycles. The standard InChI is InChI=1S/C33H44N2O8/c1-31-13-11-22(35-43-19-28(39)34-25(30(40)42-3)15-20-7-5-4-6-8-20)16-21(31)9-10-23-24-12-14-33(41,27(38)18-36)32(24,2)17-26(37)29(23)31/h4-8,16,23-26,29,36-37,41H,9-15,17-19H2,1-3H3,(H,34,39)/b35-22+/t23-,24+,25+,26-,29-,31+,32+,33+/m1/s1. The van der Waals surface area contributed by atoms with Gasteiger partial charge in [-0.3, -0.25) is 9.59 Å². The molecule has 10 heteroatoms. The predicted octanol–water partition coefficient (Wildman–Crippen LogP) is 2.49. The molecule has 0 radical (unpaired) electrons. The average molecular weight is 597 g/mol. The largest absolute Gasteiger partial charge is 0.467 e. The molecule has 0 heterocycles. The summed E-state index contributed by atoms with van der Waals surface area (Å²) in [4.78, 5) is 42.9. The number of carbonyl (C=O) groups excluding carboxylic acids is 3. The first-order chi connectivity index (χ1) is 20.5. The van der Waals surface area contributed by atoms with Crippen molar-refractivity contribution in [2.75, 3.05) is 20.3 Å². The van der Waals surface area contributed by atoms with E-state index in [-0.39, 0.29) is 29.8 Å². The highest BCUT2D eigenvalue weighted by Crippen LogP contribution is 2.67. The van der Waals surface area contributed by atoms with Gasteiger partial charge < -0.3 is 30.2 Å². The van der Waals surface area contributed by atoms with Gasteiger partial charge in [-0.15, -0.1) is 0 Å². The van der Waals surface area contributed by atoms with Gasteiger partial charge in [-0.2, -0.15) is 0 Å². The molecule has 4 aliphatic rings. The van der Waals surface area contributed by atoms with Gasteiger partial charge in [0.25, 0.3) is 5.91 Å². The number of nitrogens with one attached hydrogen (secondary N) is 1. The van der Waals surface area contributed by atoms with Crippen molar-refractivity contribution >= 4 is 23.4 Å². The van der Waals surface area contributed by atoms with E-state index in [1.54, 1.807) is 0 Å². The first kappa shape index (κ1) is 31.3. The summed E-state index contributed by atoms with van der Waals surface area (Å²) >= 11 is 0. The molecule has 5 rings (SSSR count). The van der Waals surface area contributed by atoms with Crippen LogP contribution in [0.25, 0.3) is 0 Å². The Balaban J connectivity index is 1.23. The fourth-order valence-electron chi connectivity index (χ4n) is 8.96. The summed E-state index contributed by atoms with van der Waals surface area (Å²) in [6.07, 6.45) is 6.00. The van der Waals surface area contributed by atoms with Gasteiger partial charge in [-0.1, -0.05) is 54.9 Å². The van der Waals surface area contributed by atoms with Crippen molar-refractivity contribution in [2.45, 2.75) is 83.0 Å². The molecular weight excluding hydrogens is 552 g/mol. The molecule has 0 spiro atoms. The summed E-state index contributed by atoms with van der Waals surface area (Å²) < 4.78 is 4.86. The number of ketones is 1. The third-order valence-electron chi connectivity index (χ3n) is 11.1. The van der Waals surface area contributed by atoms with Gasteiger partial charge in [0.05, 0.1) is 18.9 Å². The summed E-state index contributed by atoms with van der Waals surface area (Å²) in [5.74, 6) is -1.32. The zero-order chi connectivity index (χ0) is 31.0. The summed E-state index contributed by atoms with van der Waals surface area (Å²) in [6.45, 7) is 3.08. The SMILES string of the molecule is COC(=O)[C@H](Cc1ccccc1)NC(=O)CO/N=C1/C=C2CC[C@H]3[C@H]([C@H](O)C[C@@]4(C)[C@H]3CC[C@]4(O)C(=O)CO)[C@@]2(C)CC1. The number of fused-ring (bicyclic) bond motifs is 5. The Kier molecular flexibility index (Phi) is 8.84. The highest BCUT2D eigenvalue weighted by Gasteiger charge is 2.68. The quantitative estimate of drug-likeness (QED) is 0.250. The van der Waals surface area contributed by atoms with Crippen molar-refractivity contribution in [1.82, 2.24) is 5.32 Å². The molecule has 0 bridgehead atoms. The molecule has 1 aromatic rings. The number of amides is 1. The van der Waals surface area contributed by atoms with Crippen molar-refractivity contribution in [3.05, 3.63) is 47.5 Å². The second-order valence-corrected chi connectivity index (χ2v) is 13.3. The smallest absolute Gasteiger partial charge is 0.328 e. The molecule has 0 aromatic heterocycles. The highest BCUT2D eigenvalue weighted by atomic mass is 16.6. The number of nitrogens with zero attached hydrogens (tertiary/aromatic N) is 1. The molecule has 0 saturated heterocycles. The third-order valence-corrected chi connectivity index (χ3v) is 11.1. The van der Waals surface area contributed by atoms with Crippen molar-refractivity contribution < 1.29 is 39.3 Å². The Morgan fingerprint density at radius 3 is 2.56 bits per heavy atom. The number of Topliss-reactive ketones (excluding diaryl/α,β-unsaturated/α-hetero) is 1. The predicted molar refractivity (Wildman–Crippen MR) is 158 cm³/mol. The number of methoxy groups -OCH3 is 1. The van der Waals surface area contributed by atoms with E-state index in [9.17, 15) is 29.7 Å². The van der Waals surface area contributed by atoms with Gasteiger partial charge in [0.1, 0.15) is 18.2 Å². The highest BCUT2D eigenvalue weighted by molar-refractivity contribution is 5.96. The zero-order valence-electron chi connectivity index (χ0n) is 25.3. The normalized spacial score (nSPS) is 36.4. The Labute approximate surface area is 252 Å². The second-order valence-electron chi connectivity index (χ2n) is 13.3. The molecular formula is C33H44N2O8. The summed E-state index contributed by atoms with van der Waals surface area (Å²) in [6, 6.07) is 8.51. The maximum atomic E-state index is 12.6. The van der Waals surface area contributed by atoms with Crippen LogP contribution < -0.4 is 5.32 Å². The van der Waals surface area contributed by atoms with E-state index in [1.807, 2.05) is 43.3 Å². The number of rotatable bonds is 9. The summed E-state index contributed by atoms with van der Waals surface area (Å²) in [5.41, 5.74) is 0.181. The molecule has 0 unspecified atom stereocenters. The number of hydrogen-bond donors (Lipinski definition) is 4. The third kappa shape index (κ3) is 5.53. The maximum absolute atomic E-state index is 12.6. The molecule has 1 amide bonds. The van der Waals surface area contributed by atoms with Crippen LogP contribution in [0.15, 0.2) is 47.1 Å². The molecule has 1 aromatic carbocycles. The first-order valence-electron chi connectivity index (χ1n) is 15.3. The second kappa shape index (κ2) is 12.1.